The molecule has 0 aliphatic rings. The number of ether oxygens (including phenoxy) is 1. The molecule has 0 unspecified atom stereocenters. The molecule has 0 bridgehead atoms. The van der Waals surface area contributed by atoms with Crippen LogP contribution in [0.15, 0.2) is 40.9 Å². The predicted molar refractivity (Wildman–Crippen MR) is 124 cm³/mol. The Morgan fingerprint density at radius 2 is 1.83 bits per heavy atom. The third-order valence-corrected chi connectivity index (χ3v) is 5.95. The molecule has 0 aliphatic carbocycles. The lowest BCUT2D eigenvalue weighted by Crippen LogP contribution is -2.48. The van der Waals surface area contributed by atoms with Gasteiger partial charge in [-0.2, -0.15) is 0 Å². The summed E-state index contributed by atoms with van der Waals surface area (Å²) in [7, 11) is 1.53. The highest BCUT2D eigenvalue weighted by Crippen LogP contribution is 2.29. The molecule has 30 heavy (non-hydrogen) atoms. The van der Waals surface area contributed by atoms with E-state index in [4.69, 9.17) is 27.9 Å². The topological polar surface area (TPSA) is 58.6 Å². The average molecular weight is 516 g/mol. The minimum Gasteiger partial charge on any atom is -0.483 e. The molecule has 0 saturated heterocycles. The van der Waals surface area contributed by atoms with Gasteiger partial charge in [0.1, 0.15) is 11.8 Å². The van der Waals surface area contributed by atoms with Crippen molar-refractivity contribution in [2.24, 2.45) is 0 Å². The quantitative estimate of drug-likeness (QED) is 0.510. The van der Waals surface area contributed by atoms with Gasteiger partial charge in [-0.1, -0.05) is 49.2 Å². The van der Waals surface area contributed by atoms with Gasteiger partial charge in [-0.05, 0) is 64.2 Å². The number of carbonyl (C=O) groups is 2. The highest BCUT2D eigenvalue weighted by molar-refractivity contribution is 9.10. The number of benzene rings is 2. The molecule has 2 rings (SSSR count). The third-order valence-electron chi connectivity index (χ3n) is 4.74. The second-order valence-electron chi connectivity index (χ2n) is 7.18. The molecule has 0 saturated carbocycles. The van der Waals surface area contributed by atoms with Crippen molar-refractivity contribution in [1.82, 2.24) is 10.2 Å². The van der Waals surface area contributed by atoms with E-state index in [2.05, 4.69) is 35.1 Å². The number of hydrogen-bond donors (Lipinski definition) is 1. The normalized spacial score (nSPS) is 11.9. The van der Waals surface area contributed by atoms with Crippen molar-refractivity contribution < 1.29 is 14.3 Å². The summed E-state index contributed by atoms with van der Waals surface area (Å²) in [5.74, 6) is 0.322. The first-order valence-corrected chi connectivity index (χ1v) is 11.1. The molecule has 2 amide bonds. The Morgan fingerprint density at radius 3 is 2.40 bits per heavy atom. The summed E-state index contributed by atoms with van der Waals surface area (Å²) in [6.45, 7) is 5.80. The Balaban J connectivity index is 2.19. The van der Waals surface area contributed by atoms with Crippen LogP contribution in [0, 0.1) is 0 Å². The van der Waals surface area contributed by atoms with Crippen molar-refractivity contribution in [3.8, 4) is 5.75 Å². The maximum atomic E-state index is 13.0. The van der Waals surface area contributed by atoms with Crippen LogP contribution >= 0.6 is 39.1 Å². The largest absolute Gasteiger partial charge is 0.483 e. The van der Waals surface area contributed by atoms with Crippen molar-refractivity contribution >= 4 is 50.9 Å². The first-order chi connectivity index (χ1) is 14.1. The summed E-state index contributed by atoms with van der Waals surface area (Å²) in [4.78, 5) is 26.6. The van der Waals surface area contributed by atoms with E-state index in [0.717, 1.165) is 10.0 Å². The monoisotopic (exact) mass is 514 g/mol. The number of rotatable bonds is 8. The van der Waals surface area contributed by atoms with E-state index in [1.807, 2.05) is 18.2 Å². The molecule has 1 atom stereocenters. The predicted octanol–water partition coefficient (Wildman–Crippen LogP) is 5.42. The van der Waals surface area contributed by atoms with E-state index in [1.165, 1.54) is 11.9 Å². The smallest absolute Gasteiger partial charge is 0.261 e. The van der Waals surface area contributed by atoms with Gasteiger partial charge in [0.05, 0.1) is 4.47 Å². The Bertz CT molecular complexity index is 921. The van der Waals surface area contributed by atoms with Crippen molar-refractivity contribution in [3.05, 3.63) is 62.0 Å². The van der Waals surface area contributed by atoms with Gasteiger partial charge < -0.3 is 15.0 Å². The average Bonchev–Trinajstić information content (AvgIpc) is 2.70. The second-order valence-corrected chi connectivity index (χ2v) is 8.88. The van der Waals surface area contributed by atoms with Crippen molar-refractivity contribution in [3.63, 3.8) is 0 Å². The lowest BCUT2D eigenvalue weighted by molar-refractivity contribution is -0.142. The summed E-state index contributed by atoms with van der Waals surface area (Å²) in [6.07, 6.45) is 0. The fraction of sp³-hybridized carbons (Fsp3) is 0.364. The van der Waals surface area contributed by atoms with E-state index in [-0.39, 0.29) is 25.0 Å². The highest BCUT2D eigenvalue weighted by Gasteiger charge is 2.26. The van der Waals surface area contributed by atoms with Crippen LogP contribution in [-0.2, 0) is 16.1 Å². The number of carbonyl (C=O) groups excluding carboxylic acids is 2. The van der Waals surface area contributed by atoms with Gasteiger partial charge in [0, 0.05) is 23.6 Å². The summed E-state index contributed by atoms with van der Waals surface area (Å²) in [5.41, 5.74) is 1.85. The van der Waals surface area contributed by atoms with Crippen LogP contribution in [-0.4, -0.2) is 36.4 Å². The van der Waals surface area contributed by atoms with E-state index in [9.17, 15) is 9.59 Å². The van der Waals surface area contributed by atoms with Gasteiger partial charge in [-0.25, -0.2) is 0 Å². The third kappa shape index (κ3) is 6.37. The minimum atomic E-state index is -0.704. The standard InChI is InChI=1S/C22H25BrCl2N2O3/c1-13(2)15-6-8-20(18(23)9-15)30-12-21(28)27(14(3)22(29)26-4)11-16-5-7-17(24)10-19(16)25/h5-10,13-14H,11-12H2,1-4H3,(H,26,29)/t14-/m1/s1. The van der Waals surface area contributed by atoms with Gasteiger partial charge >= 0.3 is 0 Å². The molecule has 0 radical (unpaired) electrons. The van der Waals surface area contributed by atoms with E-state index in [0.29, 0.717) is 27.3 Å². The van der Waals surface area contributed by atoms with Gasteiger partial charge in [-0.15, -0.1) is 0 Å². The van der Waals surface area contributed by atoms with Gasteiger partial charge in [0.15, 0.2) is 6.61 Å². The lowest BCUT2D eigenvalue weighted by atomic mass is 10.0. The van der Waals surface area contributed by atoms with Crippen LogP contribution in [0.3, 0.4) is 0 Å². The summed E-state index contributed by atoms with van der Waals surface area (Å²) < 4.78 is 6.51. The lowest BCUT2D eigenvalue weighted by Gasteiger charge is -2.28. The fourth-order valence-corrected chi connectivity index (χ4v) is 3.82. The zero-order valence-electron chi connectivity index (χ0n) is 17.3. The summed E-state index contributed by atoms with van der Waals surface area (Å²) in [5, 5.41) is 3.50. The first-order valence-electron chi connectivity index (χ1n) is 9.51. The van der Waals surface area contributed by atoms with Crippen molar-refractivity contribution in [2.75, 3.05) is 13.7 Å². The van der Waals surface area contributed by atoms with Crippen LogP contribution < -0.4 is 10.1 Å². The molecular formula is C22H25BrCl2N2O3. The van der Waals surface area contributed by atoms with Crippen LogP contribution in [0.1, 0.15) is 37.8 Å². The van der Waals surface area contributed by atoms with E-state index in [1.54, 1.807) is 25.1 Å². The molecule has 0 aliphatic heterocycles. The molecule has 0 fully saturated rings. The molecule has 2 aromatic carbocycles. The van der Waals surface area contributed by atoms with Crippen LogP contribution in [0.2, 0.25) is 10.0 Å². The second kappa shape index (κ2) is 11.0. The SMILES string of the molecule is CNC(=O)[C@@H](C)N(Cc1ccc(Cl)cc1Cl)C(=O)COc1ccc(C(C)C)cc1Br. The zero-order valence-corrected chi connectivity index (χ0v) is 20.4. The van der Waals surface area contributed by atoms with Crippen molar-refractivity contribution in [2.45, 2.75) is 39.3 Å². The molecule has 1 N–H and O–H groups in total. The molecule has 0 aromatic heterocycles. The number of hydrogen-bond acceptors (Lipinski definition) is 3. The summed E-state index contributed by atoms with van der Waals surface area (Å²) in [6, 6.07) is 10.1. The highest BCUT2D eigenvalue weighted by atomic mass is 79.9. The number of nitrogens with one attached hydrogen (secondary N) is 1. The van der Waals surface area contributed by atoms with E-state index < -0.39 is 6.04 Å². The Labute approximate surface area is 195 Å². The number of nitrogens with zero attached hydrogens (tertiary/aromatic N) is 1. The number of likely N-dealkylation sites (N-methyl/N-ethyl adjacent to an activating group) is 1. The Morgan fingerprint density at radius 1 is 1.13 bits per heavy atom. The maximum Gasteiger partial charge on any atom is 0.261 e. The number of halogens is 3. The van der Waals surface area contributed by atoms with Crippen molar-refractivity contribution in [1.29, 1.82) is 0 Å². The van der Waals surface area contributed by atoms with Crippen LogP contribution in [0.4, 0.5) is 0 Å². The Kier molecular flexibility index (Phi) is 9.01. The molecule has 162 valence electrons. The van der Waals surface area contributed by atoms with Gasteiger partial charge in [0.25, 0.3) is 5.91 Å². The molecule has 0 heterocycles. The molecule has 8 heteroatoms. The minimum absolute atomic E-state index is 0.153. The van der Waals surface area contributed by atoms with Crippen LogP contribution in [0.5, 0.6) is 5.75 Å². The van der Waals surface area contributed by atoms with E-state index >= 15 is 0 Å². The molecular weight excluding hydrogens is 491 g/mol. The fourth-order valence-electron chi connectivity index (χ4n) is 2.84. The first kappa shape index (κ1) is 24.5. The van der Waals surface area contributed by atoms with Gasteiger partial charge in [0.2, 0.25) is 5.91 Å². The molecule has 2 aromatic rings. The zero-order chi connectivity index (χ0) is 22.4. The van der Waals surface area contributed by atoms with Gasteiger partial charge in [-0.3, -0.25) is 9.59 Å². The Hall–Kier alpha value is -1.76. The van der Waals surface area contributed by atoms with Crippen LogP contribution in [0.25, 0.3) is 0 Å². The molecule has 5 nitrogen and oxygen atoms in total. The molecule has 0 spiro atoms. The summed E-state index contributed by atoms with van der Waals surface area (Å²) >= 11 is 15.7. The maximum absolute atomic E-state index is 13.0. The number of amides is 2.